The molecule has 0 spiro atoms. The summed E-state index contributed by atoms with van der Waals surface area (Å²) >= 11 is 0. The smallest absolute Gasteiger partial charge is 0.171 e. The van der Waals surface area contributed by atoms with Crippen LogP contribution in [0.1, 0.15) is 18.2 Å². The molecule has 2 atom stereocenters. The second kappa shape index (κ2) is 9.90. The molecule has 206 valence electrons. The zero-order valence-corrected chi connectivity index (χ0v) is 24.8. The van der Waals surface area contributed by atoms with Crippen molar-refractivity contribution in [3.63, 3.8) is 0 Å². The van der Waals surface area contributed by atoms with Crippen LogP contribution in [0.15, 0.2) is 152 Å². The molecule has 0 saturated heterocycles. The van der Waals surface area contributed by atoms with Crippen LogP contribution in [-0.4, -0.2) is 4.98 Å². The molecule has 0 bridgehead atoms. The number of benzene rings is 5. The van der Waals surface area contributed by atoms with Gasteiger partial charge in [-0.25, -0.2) is 0 Å². The van der Waals surface area contributed by atoms with E-state index in [0.717, 1.165) is 49.0 Å². The summed E-state index contributed by atoms with van der Waals surface area (Å²) < 4.78 is 15.0. The van der Waals surface area contributed by atoms with Gasteiger partial charge in [0.2, 0.25) is 0 Å². The summed E-state index contributed by atoms with van der Waals surface area (Å²) in [6.45, 7) is 2.30. The fourth-order valence-electron chi connectivity index (χ4n) is 6.91. The maximum absolute atomic E-state index is 15.0. The molecular weight excluding hydrogens is 541 g/mol. The van der Waals surface area contributed by atoms with Crippen LogP contribution in [0.5, 0.6) is 0 Å². The van der Waals surface area contributed by atoms with E-state index in [0.29, 0.717) is 0 Å². The van der Waals surface area contributed by atoms with Crippen molar-refractivity contribution in [2.75, 3.05) is 0 Å². The minimum absolute atomic E-state index is 0.241. The first kappa shape index (κ1) is 25.9. The number of hydrogen-bond donors (Lipinski definition) is 0. The summed E-state index contributed by atoms with van der Waals surface area (Å²) in [5, 5.41) is 5.97. The Morgan fingerprint density at radius 3 is 2.02 bits per heavy atom. The molecule has 0 aliphatic heterocycles. The largest absolute Gasteiger partial charge is 0.309 e. The lowest BCUT2D eigenvalue weighted by molar-refractivity contribution is 0.480. The SMILES string of the molecule is CC12C=CC=CC1C=Cc1c2nc2c(ccc3ccccc32)c1-c1ccc(P(=O)(c2ccccc2)c2ccccc2)cc1. The molecule has 5 aromatic carbocycles. The molecule has 2 nitrogen and oxygen atoms in total. The maximum atomic E-state index is 15.0. The van der Waals surface area contributed by atoms with E-state index in [2.05, 4.69) is 104 Å². The average Bonchev–Trinajstić information content (AvgIpc) is 3.07. The second-order valence-corrected chi connectivity index (χ2v) is 14.4. The quantitative estimate of drug-likeness (QED) is 0.156. The number of fused-ring (bicyclic) bond motifs is 6. The minimum atomic E-state index is -3.06. The van der Waals surface area contributed by atoms with Crippen LogP contribution in [0.3, 0.4) is 0 Å². The molecule has 1 heterocycles. The van der Waals surface area contributed by atoms with Gasteiger partial charge in [-0.1, -0.05) is 158 Å². The van der Waals surface area contributed by atoms with Crippen LogP contribution in [0.4, 0.5) is 0 Å². The molecule has 2 unspecified atom stereocenters. The highest BCUT2D eigenvalue weighted by molar-refractivity contribution is 7.85. The summed E-state index contributed by atoms with van der Waals surface area (Å²) in [6, 6.07) is 41.1. The van der Waals surface area contributed by atoms with E-state index in [1.54, 1.807) is 0 Å². The van der Waals surface area contributed by atoms with Crippen LogP contribution in [0.2, 0.25) is 0 Å². The fourth-order valence-corrected chi connectivity index (χ4v) is 9.56. The van der Waals surface area contributed by atoms with Crippen molar-refractivity contribution in [2.24, 2.45) is 5.92 Å². The first-order valence-corrected chi connectivity index (χ1v) is 16.5. The highest BCUT2D eigenvalue weighted by atomic mass is 31.2. The standard InChI is InChI=1S/C40H30NOP/c1-40-27-11-10-13-30(40)22-26-36-37(35-25-21-28-12-8-9-18-34(28)38(35)41-39(36)40)29-19-23-33(24-20-29)43(42,31-14-4-2-5-15-31)32-16-6-3-7-17-32/h2-27,30H,1H3. The van der Waals surface area contributed by atoms with E-state index in [1.165, 1.54) is 10.9 Å². The molecule has 6 aromatic rings. The third kappa shape index (κ3) is 3.94. The number of pyridine rings is 1. The van der Waals surface area contributed by atoms with Gasteiger partial charge >= 0.3 is 0 Å². The zero-order chi connectivity index (χ0) is 29.0. The Bertz CT molecular complexity index is 2120. The van der Waals surface area contributed by atoms with Crippen molar-refractivity contribution in [1.29, 1.82) is 0 Å². The van der Waals surface area contributed by atoms with Gasteiger partial charge in [-0.05, 0) is 17.9 Å². The molecule has 1 aromatic heterocycles. The molecule has 0 amide bonds. The van der Waals surface area contributed by atoms with E-state index in [-0.39, 0.29) is 11.3 Å². The third-order valence-electron chi connectivity index (χ3n) is 9.22. The number of aromatic nitrogens is 1. The minimum Gasteiger partial charge on any atom is -0.309 e. The van der Waals surface area contributed by atoms with Crippen molar-refractivity contribution < 1.29 is 4.57 Å². The van der Waals surface area contributed by atoms with Crippen molar-refractivity contribution >= 4 is 50.8 Å². The highest BCUT2D eigenvalue weighted by Gasteiger charge is 2.39. The predicted molar refractivity (Wildman–Crippen MR) is 182 cm³/mol. The van der Waals surface area contributed by atoms with Gasteiger partial charge in [-0.2, -0.15) is 0 Å². The van der Waals surface area contributed by atoms with Crippen LogP contribution >= 0.6 is 7.14 Å². The zero-order valence-electron chi connectivity index (χ0n) is 23.9. The van der Waals surface area contributed by atoms with Gasteiger partial charge in [-0.15, -0.1) is 0 Å². The molecule has 8 rings (SSSR count). The molecule has 0 N–H and O–H groups in total. The van der Waals surface area contributed by atoms with Gasteiger partial charge in [0.1, 0.15) is 0 Å². The molecule has 0 radical (unpaired) electrons. The first-order valence-electron chi connectivity index (χ1n) is 14.8. The Labute approximate surface area is 252 Å². The van der Waals surface area contributed by atoms with E-state index in [9.17, 15) is 0 Å². The Balaban J connectivity index is 1.38. The van der Waals surface area contributed by atoms with Gasteiger partial charge in [0, 0.05) is 49.1 Å². The highest BCUT2D eigenvalue weighted by Crippen LogP contribution is 2.48. The molecule has 0 fully saturated rings. The summed E-state index contributed by atoms with van der Waals surface area (Å²) in [5.74, 6) is 0.253. The van der Waals surface area contributed by atoms with E-state index < -0.39 is 7.14 Å². The van der Waals surface area contributed by atoms with Crippen molar-refractivity contribution in [3.05, 3.63) is 163 Å². The second-order valence-electron chi connectivity index (χ2n) is 11.7. The van der Waals surface area contributed by atoms with Crippen LogP contribution in [0, 0.1) is 5.92 Å². The Kier molecular flexibility index (Phi) is 5.96. The van der Waals surface area contributed by atoms with Crippen LogP contribution in [0.25, 0.3) is 38.9 Å². The van der Waals surface area contributed by atoms with E-state index >= 15 is 4.57 Å². The van der Waals surface area contributed by atoms with Gasteiger partial charge in [0.05, 0.1) is 11.2 Å². The van der Waals surface area contributed by atoms with Crippen molar-refractivity contribution in [1.82, 2.24) is 4.98 Å². The normalized spacial score (nSPS) is 19.0. The Morgan fingerprint density at radius 2 is 1.30 bits per heavy atom. The predicted octanol–water partition coefficient (Wildman–Crippen LogP) is 8.72. The topological polar surface area (TPSA) is 30.0 Å². The third-order valence-corrected chi connectivity index (χ3v) is 12.3. The van der Waals surface area contributed by atoms with Gasteiger partial charge in [0.25, 0.3) is 0 Å². The summed E-state index contributed by atoms with van der Waals surface area (Å²) in [7, 11) is -3.06. The monoisotopic (exact) mass is 571 g/mol. The number of hydrogen-bond acceptors (Lipinski definition) is 2. The van der Waals surface area contributed by atoms with Crippen LogP contribution in [-0.2, 0) is 9.98 Å². The summed E-state index contributed by atoms with van der Waals surface area (Å²) in [6.07, 6.45) is 13.4. The maximum Gasteiger partial charge on any atom is 0.171 e. The van der Waals surface area contributed by atoms with Gasteiger partial charge in [-0.3, -0.25) is 4.98 Å². The molecular formula is C40H30NOP. The Hall–Kier alpha value is -4.78. The molecule has 2 aliphatic carbocycles. The lowest BCUT2D eigenvalue weighted by Gasteiger charge is -2.38. The lowest BCUT2D eigenvalue weighted by atomic mass is 9.67. The van der Waals surface area contributed by atoms with Crippen molar-refractivity contribution in [3.8, 4) is 11.1 Å². The Morgan fingerprint density at radius 1 is 0.651 bits per heavy atom. The van der Waals surface area contributed by atoms with Crippen LogP contribution < -0.4 is 15.9 Å². The number of nitrogens with zero attached hydrogens (tertiary/aromatic N) is 1. The molecule has 3 heteroatoms. The summed E-state index contributed by atoms with van der Waals surface area (Å²) in [5.41, 5.74) is 5.30. The number of allylic oxidation sites excluding steroid dienone is 5. The lowest BCUT2D eigenvalue weighted by Crippen LogP contribution is -2.33. The van der Waals surface area contributed by atoms with Gasteiger partial charge in [0.15, 0.2) is 7.14 Å². The van der Waals surface area contributed by atoms with E-state index in [4.69, 9.17) is 4.98 Å². The first-order chi connectivity index (χ1) is 21.1. The summed E-state index contributed by atoms with van der Waals surface area (Å²) in [4.78, 5) is 5.44. The molecule has 43 heavy (non-hydrogen) atoms. The average molecular weight is 572 g/mol. The molecule has 0 saturated carbocycles. The fraction of sp³-hybridized carbons (Fsp3) is 0.0750. The van der Waals surface area contributed by atoms with E-state index in [1.807, 2.05) is 60.7 Å². The van der Waals surface area contributed by atoms with Gasteiger partial charge < -0.3 is 4.57 Å². The molecule has 2 aliphatic rings. The van der Waals surface area contributed by atoms with Crippen molar-refractivity contribution in [2.45, 2.75) is 12.3 Å². The number of rotatable bonds is 4.